The summed E-state index contributed by atoms with van der Waals surface area (Å²) in [7, 11) is 0. The summed E-state index contributed by atoms with van der Waals surface area (Å²) in [6.07, 6.45) is 0. The number of halogens is 2. The predicted molar refractivity (Wildman–Crippen MR) is 92.7 cm³/mol. The van der Waals surface area contributed by atoms with Gasteiger partial charge in [0, 0.05) is 29.5 Å². The van der Waals surface area contributed by atoms with Crippen molar-refractivity contribution in [1.29, 1.82) is 0 Å². The number of hydrogen-bond donors (Lipinski definition) is 1. The zero-order valence-corrected chi connectivity index (χ0v) is 15.1. The molecule has 1 N–H and O–H groups in total. The first-order valence-corrected chi connectivity index (χ1v) is 8.44. The summed E-state index contributed by atoms with van der Waals surface area (Å²) >= 11 is 7.79. The van der Waals surface area contributed by atoms with Gasteiger partial charge >= 0.3 is 0 Å². The number of hydrogen-bond acceptors (Lipinski definition) is 2. The van der Waals surface area contributed by atoms with Gasteiger partial charge in [0.25, 0.3) is 0 Å². The maximum atomic E-state index is 3.61. The maximum absolute atomic E-state index is 3.61. The van der Waals surface area contributed by atoms with Gasteiger partial charge in [0.1, 0.15) is 0 Å². The standard InChI is InChI=1S/C14H15BrINS/c1-8-6-12(10(3)18-8)9(2)17-14-5-4-11(16)7-13(14)15/h4-7,9,17H,1-3H3. The third-order valence-corrected chi connectivity index (χ3v) is 5.16. The number of thiophene rings is 1. The van der Waals surface area contributed by atoms with Crippen LogP contribution in [-0.4, -0.2) is 0 Å². The van der Waals surface area contributed by atoms with Gasteiger partial charge in [0.2, 0.25) is 0 Å². The van der Waals surface area contributed by atoms with Crippen molar-refractivity contribution in [3.63, 3.8) is 0 Å². The Morgan fingerprint density at radius 1 is 1.28 bits per heavy atom. The van der Waals surface area contributed by atoms with Crippen molar-refractivity contribution in [2.75, 3.05) is 5.32 Å². The Hall–Kier alpha value is -0.0700. The number of anilines is 1. The van der Waals surface area contributed by atoms with Crippen molar-refractivity contribution in [3.05, 3.63) is 47.6 Å². The normalized spacial score (nSPS) is 12.5. The van der Waals surface area contributed by atoms with Crippen molar-refractivity contribution < 1.29 is 0 Å². The smallest absolute Gasteiger partial charge is 0.0497 e. The van der Waals surface area contributed by atoms with Crippen LogP contribution in [0.1, 0.15) is 28.3 Å². The molecule has 18 heavy (non-hydrogen) atoms. The highest BCUT2D eigenvalue weighted by molar-refractivity contribution is 14.1. The van der Waals surface area contributed by atoms with Gasteiger partial charge in [-0.3, -0.25) is 0 Å². The molecule has 2 rings (SSSR count). The Balaban J connectivity index is 2.21. The first kappa shape index (κ1) is 14.3. The van der Waals surface area contributed by atoms with E-state index >= 15 is 0 Å². The first-order chi connectivity index (χ1) is 8.47. The van der Waals surface area contributed by atoms with Crippen LogP contribution >= 0.6 is 49.9 Å². The van der Waals surface area contributed by atoms with E-state index in [1.54, 1.807) is 0 Å². The van der Waals surface area contributed by atoms with E-state index in [-0.39, 0.29) is 0 Å². The van der Waals surface area contributed by atoms with Crippen molar-refractivity contribution in [2.24, 2.45) is 0 Å². The summed E-state index contributed by atoms with van der Waals surface area (Å²) in [6.45, 7) is 6.56. The monoisotopic (exact) mass is 435 g/mol. The molecule has 0 saturated carbocycles. The molecule has 1 nitrogen and oxygen atoms in total. The fraction of sp³-hybridized carbons (Fsp3) is 0.286. The molecule has 0 bridgehead atoms. The number of nitrogens with one attached hydrogen (secondary N) is 1. The molecule has 0 radical (unpaired) electrons. The van der Waals surface area contributed by atoms with Gasteiger partial charge in [0.15, 0.2) is 0 Å². The Bertz CT molecular complexity index is 565. The summed E-state index contributed by atoms with van der Waals surface area (Å²) in [6, 6.07) is 8.97. The van der Waals surface area contributed by atoms with Crippen molar-refractivity contribution >= 4 is 55.5 Å². The average Bonchev–Trinajstić information content (AvgIpc) is 2.62. The molecule has 4 heteroatoms. The fourth-order valence-electron chi connectivity index (χ4n) is 2.00. The molecule has 1 unspecified atom stereocenters. The first-order valence-electron chi connectivity index (χ1n) is 5.76. The lowest BCUT2D eigenvalue weighted by Gasteiger charge is -2.16. The van der Waals surface area contributed by atoms with Gasteiger partial charge in [-0.1, -0.05) is 0 Å². The largest absolute Gasteiger partial charge is 0.378 e. The van der Waals surface area contributed by atoms with Crippen LogP contribution in [0.25, 0.3) is 0 Å². The molecular formula is C14H15BrINS. The second-order valence-corrected chi connectivity index (χ2v) is 7.92. The molecule has 0 saturated heterocycles. The molecule has 0 fully saturated rings. The van der Waals surface area contributed by atoms with Gasteiger partial charge in [-0.15, -0.1) is 11.3 Å². The van der Waals surface area contributed by atoms with Crippen molar-refractivity contribution in [1.82, 2.24) is 0 Å². The van der Waals surface area contributed by atoms with Crippen molar-refractivity contribution in [2.45, 2.75) is 26.8 Å². The minimum atomic E-state index is 0.325. The Labute approximate surface area is 134 Å². The van der Waals surface area contributed by atoms with Crippen LogP contribution in [0.5, 0.6) is 0 Å². The molecule has 1 aromatic heterocycles. The average molecular weight is 436 g/mol. The van der Waals surface area contributed by atoms with E-state index in [2.05, 4.69) is 88.9 Å². The zero-order valence-electron chi connectivity index (χ0n) is 10.6. The SMILES string of the molecule is Cc1cc(C(C)Nc2ccc(I)cc2Br)c(C)s1. The minimum absolute atomic E-state index is 0.325. The lowest BCUT2D eigenvalue weighted by molar-refractivity contribution is 0.880. The molecule has 2 aromatic rings. The molecule has 0 aliphatic heterocycles. The van der Waals surface area contributed by atoms with E-state index in [0.29, 0.717) is 6.04 Å². The summed E-state index contributed by atoms with van der Waals surface area (Å²) in [4.78, 5) is 2.77. The highest BCUT2D eigenvalue weighted by Crippen LogP contribution is 2.31. The lowest BCUT2D eigenvalue weighted by atomic mass is 10.1. The van der Waals surface area contributed by atoms with E-state index in [9.17, 15) is 0 Å². The van der Waals surface area contributed by atoms with Gasteiger partial charge in [-0.25, -0.2) is 0 Å². The topological polar surface area (TPSA) is 12.0 Å². The van der Waals surface area contributed by atoms with Crippen LogP contribution < -0.4 is 5.32 Å². The third-order valence-electron chi connectivity index (χ3n) is 2.85. The predicted octanol–water partition coefficient (Wildman–Crippen LogP) is 5.91. The molecule has 0 spiro atoms. The van der Waals surface area contributed by atoms with Crippen LogP contribution in [0, 0.1) is 17.4 Å². The molecule has 0 aliphatic carbocycles. The van der Waals surface area contributed by atoms with Crippen LogP contribution in [-0.2, 0) is 0 Å². The fourth-order valence-corrected chi connectivity index (χ4v) is 4.43. The molecular weight excluding hydrogens is 421 g/mol. The summed E-state index contributed by atoms with van der Waals surface area (Å²) < 4.78 is 2.35. The minimum Gasteiger partial charge on any atom is -0.378 e. The van der Waals surface area contributed by atoms with Crippen molar-refractivity contribution in [3.8, 4) is 0 Å². The Morgan fingerprint density at radius 2 is 2.00 bits per heavy atom. The lowest BCUT2D eigenvalue weighted by Crippen LogP contribution is -2.07. The second-order valence-electron chi connectivity index (χ2n) is 4.36. The second kappa shape index (κ2) is 5.92. The highest BCUT2D eigenvalue weighted by atomic mass is 127. The van der Waals surface area contributed by atoms with E-state index in [1.165, 1.54) is 18.9 Å². The molecule has 1 heterocycles. The molecule has 0 amide bonds. The van der Waals surface area contributed by atoms with E-state index in [4.69, 9.17) is 0 Å². The van der Waals surface area contributed by atoms with Gasteiger partial charge < -0.3 is 5.32 Å². The molecule has 1 aromatic carbocycles. The number of rotatable bonds is 3. The molecule has 96 valence electrons. The van der Waals surface area contributed by atoms with Gasteiger partial charge in [-0.2, -0.15) is 0 Å². The van der Waals surface area contributed by atoms with E-state index < -0.39 is 0 Å². The van der Waals surface area contributed by atoms with E-state index in [0.717, 1.165) is 10.2 Å². The molecule has 0 aliphatic rings. The van der Waals surface area contributed by atoms with Crippen LogP contribution in [0.4, 0.5) is 5.69 Å². The molecule has 1 atom stereocenters. The summed E-state index contributed by atoms with van der Waals surface area (Å²) in [5.74, 6) is 0. The number of aryl methyl sites for hydroxylation is 2. The van der Waals surface area contributed by atoms with Gasteiger partial charge in [-0.05, 0) is 89.1 Å². The van der Waals surface area contributed by atoms with E-state index in [1.807, 2.05) is 11.3 Å². The quantitative estimate of drug-likeness (QED) is 0.591. The third kappa shape index (κ3) is 3.27. The zero-order chi connectivity index (χ0) is 13.3. The Morgan fingerprint density at radius 3 is 2.56 bits per heavy atom. The number of benzene rings is 1. The Kier molecular flexibility index (Phi) is 4.72. The van der Waals surface area contributed by atoms with Crippen LogP contribution in [0.3, 0.4) is 0 Å². The summed E-state index contributed by atoms with van der Waals surface area (Å²) in [5, 5.41) is 3.56. The van der Waals surface area contributed by atoms with Crippen LogP contribution in [0.15, 0.2) is 28.7 Å². The maximum Gasteiger partial charge on any atom is 0.0497 e. The van der Waals surface area contributed by atoms with Crippen LogP contribution in [0.2, 0.25) is 0 Å². The highest BCUT2D eigenvalue weighted by Gasteiger charge is 2.12. The summed E-state index contributed by atoms with van der Waals surface area (Å²) in [5.41, 5.74) is 2.54. The van der Waals surface area contributed by atoms with Gasteiger partial charge in [0.05, 0.1) is 0 Å².